The van der Waals surface area contributed by atoms with Gasteiger partial charge in [-0.05, 0) is 31.2 Å². The van der Waals surface area contributed by atoms with Crippen LogP contribution in [-0.2, 0) is 0 Å². The average Bonchev–Trinajstić information content (AvgIpc) is 2.04. The van der Waals surface area contributed by atoms with E-state index in [0.717, 1.165) is 6.42 Å². The molecule has 0 aromatic carbocycles. The Morgan fingerprint density at radius 2 is 2.08 bits per heavy atom. The van der Waals surface area contributed by atoms with Crippen molar-refractivity contribution in [3.05, 3.63) is 0 Å². The van der Waals surface area contributed by atoms with E-state index < -0.39 is 0 Å². The Hall–Kier alpha value is -0.0800. The fourth-order valence-electron chi connectivity index (χ4n) is 1.79. The Morgan fingerprint density at radius 3 is 2.54 bits per heavy atom. The van der Waals surface area contributed by atoms with E-state index in [0.29, 0.717) is 12.1 Å². The van der Waals surface area contributed by atoms with Crippen LogP contribution in [0.25, 0.3) is 0 Å². The molecule has 2 heteroatoms. The summed E-state index contributed by atoms with van der Waals surface area (Å²) in [6.45, 7) is 7.85. The summed E-state index contributed by atoms with van der Waals surface area (Å²) >= 11 is 0. The van der Waals surface area contributed by atoms with Crippen LogP contribution in [0.4, 0.5) is 0 Å². The molecule has 0 amide bonds. The van der Waals surface area contributed by atoms with Gasteiger partial charge in [-0.15, -0.1) is 0 Å². The Balaban J connectivity index is 2.30. The second-order valence-electron chi connectivity index (χ2n) is 5.36. The standard InChI is InChI=1S/C11H24N2/c1-11(2,3)10(12)8-9-6-4-5-7-13-9/h9-10,13H,4-8,12H2,1-3H3. The minimum atomic E-state index is 0.249. The van der Waals surface area contributed by atoms with Gasteiger partial charge in [0.1, 0.15) is 0 Å². The molecule has 3 N–H and O–H groups in total. The molecule has 2 unspecified atom stereocenters. The van der Waals surface area contributed by atoms with Crippen molar-refractivity contribution in [2.24, 2.45) is 11.1 Å². The van der Waals surface area contributed by atoms with Gasteiger partial charge in [0.2, 0.25) is 0 Å². The van der Waals surface area contributed by atoms with Gasteiger partial charge in [0.25, 0.3) is 0 Å². The molecule has 2 atom stereocenters. The summed E-state index contributed by atoms with van der Waals surface area (Å²) < 4.78 is 0. The first kappa shape index (κ1) is 11.0. The van der Waals surface area contributed by atoms with Crippen LogP contribution in [0.1, 0.15) is 46.5 Å². The first-order valence-electron chi connectivity index (χ1n) is 5.49. The van der Waals surface area contributed by atoms with Crippen LogP contribution in [0.2, 0.25) is 0 Å². The van der Waals surface area contributed by atoms with E-state index in [-0.39, 0.29) is 5.41 Å². The van der Waals surface area contributed by atoms with Crippen LogP contribution in [0, 0.1) is 5.41 Å². The van der Waals surface area contributed by atoms with E-state index in [1.807, 2.05) is 0 Å². The van der Waals surface area contributed by atoms with Gasteiger partial charge in [-0.25, -0.2) is 0 Å². The molecule has 1 heterocycles. The van der Waals surface area contributed by atoms with Crippen LogP contribution in [0.15, 0.2) is 0 Å². The maximum absolute atomic E-state index is 6.14. The Morgan fingerprint density at radius 1 is 1.38 bits per heavy atom. The van der Waals surface area contributed by atoms with E-state index in [1.54, 1.807) is 0 Å². The number of rotatable bonds is 2. The lowest BCUT2D eigenvalue weighted by atomic mass is 9.82. The molecule has 0 aromatic rings. The molecule has 1 aliphatic heterocycles. The molecule has 1 aliphatic rings. The molecule has 1 rings (SSSR count). The summed E-state index contributed by atoms with van der Waals surface area (Å²) in [5, 5.41) is 3.54. The zero-order chi connectivity index (χ0) is 9.90. The summed E-state index contributed by atoms with van der Waals surface area (Å²) in [4.78, 5) is 0. The van der Waals surface area contributed by atoms with Gasteiger partial charge in [0.05, 0.1) is 0 Å². The van der Waals surface area contributed by atoms with E-state index in [4.69, 9.17) is 5.73 Å². The van der Waals surface area contributed by atoms with E-state index in [1.165, 1.54) is 25.8 Å². The molecular formula is C11H24N2. The average molecular weight is 184 g/mol. The Kier molecular flexibility index (Phi) is 3.74. The third-order valence-corrected chi connectivity index (χ3v) is 3.06. The summed E-state index contributed by atoms with van der Waals surface area (Å²) in [5.74, 6) is 0. The Labute approximate surface area is 82.3 Å². The van der Waals surface area contributed by atoms with Crippen LogP contribution in [-0.4, -0.2) is 18.6 Å². The van der Waals surface area contributed by atoms with Crippen molar-refractivity contribution in [1.82, 2.24) is 5.32 Å². The highest BCUT2D eigenvalue weighted by Crippen LogP contribution is 2.23. The lowest BCUT2D eigenvalue weighted by Crippen LogP contribution is -2.44. The van der Waals surface area contributed by atoms with Crippen molar-refractivity contribution in [3.8, 4) is 0 Å². The first-order chi connectivity index (χ1) is 6.00. The van der Waals surface area contributed by atoms with Crippen LogP contribution in [0.5, 0.6) is 0 Å². The topological polar surface area (TPSA) is 38.0 Å². The molecule has 13 heavy (non-hydrogen) atoms. The number of hydrogen-bond donors (Lipinski definition) is 2. The highest BCUT2D eigenvalue weighted by Gasteiger charge is 2.24. The third kappa shape index (κ3) is 3.65. The van der Waals surface area contributed by atoms with Crippen molar-refractivity contribution < 1.29 is 0 Å². The van der Waals surface area contributed by atoms with E-state index >= 15 is 0 Å². The second-order valence-corrected chi connectivity index (χ2v) is 5.36. The molecule has 0 bridgehead atoms. The highest BCUT2D eigenvalue weighted by atomic mass is 14.9. The molecule has 0 aliphatic carbocycles. The monoisotopic (exact) mass is 184 g/mol. The maximum Gasteiger partial charge on any atom is 0.0102 e. The number of hydrogen-bond acceptors (Lipinski definition) is 2. The van der Waals surface area contributed by atoms with Crippen LogP contribution < -0.4 is 11.1 Å². The van der Waals surface area contributed by atoms with Gasteiger partial charge in [-0.2, -0.15) is 0 Å². The number of nitrogens with one attached hydrogen (secondary N) is 1. The molecule has 0 aromatic heterocycles. The lowest BCUT2D eigenvalue weighted by Gasteiger charge is -2.32. The minimum Gasteiger partial charge on any atom is -0.327 e. The van der Waals surface area contributed by atoms with Crippen molar-refractivity contribution in [1.29, 1.82) is 0 Å². The van der Waals surface area contributed by atoms with Crippen molar-refractivity contribution in [3.63, 3.8) is 0 Å². The third-order valence-electron chi connectivity index (χ3n) is 3.06. The molecule has 0 saturated carbocycles. The molecule has 0 radical (unpaired) electrons. The Bertz CT molecular complexity index is 143. The summed E-state index contributed by atoms with van der Waals surface area (Å²) in [6.07, 6.45) is 5.14. The van der Waals surface area contributed by atoms with E-state index in [9.17, 15) is 0 Å². The van der Waals surface area contributed by atoms with Crippen LogP contribution >= 0.6 is 0 Å². The zero-order valence-electron chi connectivity index (χ0n) is 9.27. The smallest absolute Gasteiger partial charge is 0.0102 e. The predicted molar refractivity (Wildman–Crippen MR) is 57.7 cm³/mol. The molecular weight excluding hydrogens is 160 g/mol. The molecule has 1 fully saturated rings. The number of piperidine rings is 1. The fourth-order valence-corrected chi connectivity index (χ4v) is 1.79. The lowest BCUT2D eigenvalue weighted by molar-refractivity contribution is 0.259. The summed E-state index contributed by atoms with van der Waals surface area (Å²) in [5.41, 5.74) is 6.39. The van der Waals surface area contributed by atoms with Gasteiger partial charge >= 0.3 is 0 Å². The van der Waals surface area contributed by atoms with Crippen molar-refractivity contribution in [2.45, 2.75) is 58.5 Å². The van der Waals surface area contributed by atoms with Gasteiger partial charge in [-0.3, -0.25) is 0 Å². The van der Waals surface area contributed by atoms with Crippen LogP contribution in [0.3, 0.4) is 0 Å². The second kappa shape index (κ2) is 4.43. The normalized spacial score (nSPS) is 27.2. The summed E-state index contributed by atoms with van der Waals surface area (Å²) in [6, 6.07) is 0.992. The molecule has 0 spiro atoms. The minimum absolute atomic E-state index is 0.249. The quantitative estimate of drug-likeness (QED) is 0.688. The molecule has 1 saturated heterocycles. The van der Waals surface area contributed by atoms with Gasteiger partial charge in [0.15, 0.2) is 0 Å². The van der Waals surface area contributed by atoms with Gasteiger partial charge < -0.3 is 11.1 Å². The predicted octanol–water partition coefficient (Wildman–Crippen LogP) is 1.89. The zero-order valence-corrected chi connectivity index (χ0v) is 9.27. The fraction of sp³-hybridized carbons (Fsp3) is 1.00. The highest BCUT2D eigenvalue weighted by molar-refractivity contribution is 4.83. The molecule has 2 nitrogen and oxygen atoms in total. The van der Waals surface area contributed by atoms with Crippen molar-refractivity contribution in [2.75, 3.05) is 6.54 Å². The van der Waals surface area contributed by atoms with Crippen molar-refractivity contribution >= 4 is 0 Å². The SMILES string of the molecule is CC(C)(C)C(N)CC1CCCCN1. The van der Waals surface area contributed by atoms with Gasteiger partial charge in [-0.1, -0.05) is 27.2 Å². The number of nitrogens with two attached hydrogens (primary N) is 1. The first-order valence-corrected chi connectivity index (χ1v) is 5.49. The van der Waals surface area contributed by atoms with Gasteiger partial charge in [0, 0.05) is 12.1 Å². The molecule has 78 valence electrons. The summed E-state index contributed by atoms with van der Waals surface area (Å²) in [7, 11) is 0. The largest absolute Gasteiger partial charge is 0.327 e. The van der Waals surface area contributed by atoms with E-state index in [2.05, 4.69) is 26.1 Å². The maximum atomic E-state index is 6.14.